The molecule has 3 saturated carbocycles. The first-order valence-electron chi connectivity index (χ1n) is 11.3. The molecule has 9 heteroatoms. The second-order valence-electron chi connectivity index (χ2n) is 9.70. The SMILES string of the molecule is CC1CCC(C(=O)NC23CCC(NC(=O)COc4ccc(Cl)c(F)c4)(CC2)[C@@H](O)C3)NC1. The van der Waals surface area contributed by atoms with E-state index in [2.05, 4.69) is 22.9 Å². The Labute approximate surface area is 192 Å². The Hall–Kier alpha value is -1.90. The molecule has 3 aliphatic carbocycles. The van der Waals surface area contributed by atoms with Crippen LogP contribution in [0.4, 0.5) is 4.39 Å². The van der Waals surface area contributed by atoms with Crippen molar-refractivity contribution in [2.75, 3.05) is 13.2 Å². The first-order valence-corrected chi connectivity index (χ1v) is 11.7. The highest BCUT2D eigenvalue weighted by atomic mass is 35.5. The highest BCUT2D eigenvalue weighted by Crippen LogP contribution is 2.47. The Morgan fingerprint density at radius 1 is 1.25 bits per heavy atom. The standard InChI is InChI=1S/C23H31ClFN3O4/c1-14-2-5-18(26-12-14)21(31)28-22-6-8-23(9-7-22,19(29)11-22)27-20(30)13-32-15-3-4-16(24)17(25)10-15/h3-4,10,14,18-19,26,29H,2,5-9,11-13H2,1H3,(H,27,30)(H,28,31)/t14?,18?,19-,22?,23?/m0/s1. The van der Waals surface area contributed by atoms with Crippen LogP contribution in [0.1, 0.15) is 51.9 Å². The summed E-state index contributed by atoms with van der Waals surface area (Å²) in [6, 6.07) is 3.81. The fraction of sp³-hybridized carbons (Fsp3) is 0.652. The van der Waals surface area contributed by atoms with E-state index in [0.717, 1.165) is 25.5 Å². The number of amides is 2. The van der Waals surface area contributed by atoms with Gasteiger partial charge in [0.15, 0.2) is 6.61 Å². The number of nitrogens with one attached hydrogen (secondary N) is 3. The van der Waals surface area contributed by atoms with Crippen LogP contribution in [-0.4, -0.2) is 53.3 Å². The summed E-state index contributed by atoms with van der Waals surface area (Å²) in [6.07, 6.45) is 4.04. The molecule has 176 valence electrons. The molecule has 7 nitrogen and oxygen atoms in total. The molecule has 1 aromatic rings. The molecule has 3 atom stereocenters. The maximum absolute atomic E-state index is 13.5. The van der Waals surface area contributed by atoms with E-state index in [0.29, 0.717) is 38.0 Å². The van der Waals surface area contributed by atoms with Crippen molar-refractivity contribution in [2.45, 2.75) is 75.1 Å². The number of halogens is 2. The van der Waals surface area contributed by atoms with Crippen LogP contribution in [0.25, 0.3) is 0 Å². The van der Waals surface area contributed by atoms with Gasteiger partial charge in [0.25, 0.3) is 5.91 Å². The van der Waals surface area contributed by atoms with Gasteiger partial charge in [-0.2, -0.15) is 0 Å². The number of benzene rings is 1. The van der Waals surface area contributed by atoms with Gasteiger partial charge in [0.1, 0.15) is 11.6 Å². The van der Waals surface area contributed by atoms with Crippen LogP contribution in [-0.2, 0) is 9.59 Å². The van der Waals surface area contributed by atoms with Crippen molar-refractivity contribution in [2.24, 2.45) is 5.92 Å². The molecule has 4 fully saturated rings. The lowest BCUT2D eigenvalue weighted by Gasteiger charge is -2.56. The number of aliphatic hydroxyl groups is 1. The number of rotatable bonds is 6. The number of carbonyl (C=O) groups excluding carboxylic acids is 2. The lowest BCUT2D eigenvalue weighted by molar-refractivity contribution is -0.137. The predicted molar refractivity (Wildman–Crippen MR) is 118 cm³/mol. The third-order valence-electron chi connectivity index (χ3n) is 7.34. The number of piperidine rings is 1. The first-order chi connectivity index (χ1) is 15.2. The topological polar surface area (TPSA) is 99.7 Å². The second kappa shape index (κ2) is 9.15. The average Bonchev–Trinajstić information content (AvgIpc) is 2.76. The molecule has 0 aromatic heterocycles. The molecular formula is C23H31ClFN3O4. The van der Waals surface area contributed by atoms with Crippen LogP contribution in [0.15, 0.2) is 18.2 Å². The van der Waals surface area contributed by atoms with Crippen molar-refractivity contribution in [3.05, 3.63) is 29.0 Å². The summed E-state index contributed by atoms with van der Waals surface area (Å²) in [5, 5.41) is 20.3. The van der Waals surface area contributed by atoms with E-state index >= 15 is 0 Å². The van der Waals surface area contributed by atoms with Crippen molar-refractivity contribution in [1.82, 2.24) is 16.0 Å². The lowest BCUT2D eigenvalue weighted by atomic mass is 9.59. The van der Waals surface area contributed by atoms with Gasteiger partial charge in [0, 0.05) is 11.6 Å². The number of carbonyl (C=O) groups is 2. The summed E-state index contributed by atoms with van der Waals surface area (Å²) in [7, 11) is 0. The third-order valence-corrected chi connectivity index (χ3v) is 7.64. The predicted octanol–water partition coefficient (Wildman–Crippen LogP) is 2.29. The van der Waals surface area contributed by atoms with Gasteiger partial charge in [-0.1, -0.05) is 18.5 Å². The van der Waals surface area contributed by atoms with Crippen LogP contribution in [0, 0.1) is 11.7 Å². The van der Waals surface area contributed by atoms with Crippen molar-refractivity contribution < 1.29 is 23.8 Å². The average molecular weight is 468 g/mol. The van der Waals surface area contributed by atoms with Crippen molar-refractivity contribution in [1.29, 1.82) is 0 Å². The van der Waals surface area contributed by atoms with Crippen LogP contribution in [0.2, 0.25) is 5.02 Å². The second-order valence-corrected chi connectivity index (χ2v) is 10.1. The van der Waals surface area contributed by atoms with Crippen LogP contribution in [0.5, 0.6) is 5.75 Å². The van der Waals surface area contributed by atoms with E-state index in [1.165, 1.54) is 12.1 Å². The molecule has 1 heterocycles. The van der Waals surface area contributed by atoms with Gasteiger partial charge in [0.2, 0.25) is 5.91 Å². The zero-order valence-electron chi connectivity index (χ0n) is 18.3. The van der Waals surface area contributed by atoms with Gasteiger partial charge in [-0.05, 0) is 69.5 Å². The molecule has 1 aromatic carbocycles. The highest BCUT2D eigenvalue weighted by molar-refractivity contribution is 6.30. The monoisotopic (exact) mass is 467 g/mol. The van der Waals surface area contributed by atoms with Crippen LogP contribution >= 0.6 is 11.6 Å². The van der Waals surface area contributed by atoms with Gasteiger partial charge < -0.3 is 25.8 Å². The molecule has 0 radical (unpaired) electrons. The number of ether oxygens (including phenoxy) is 1. The fourth-order valence-electron chi connectivity index (χ4n) is 5.26. The zero-order valence-corrected chi connectivity index (χ0v) is 19.0. The van der Waals surface area contributed by atoms with E-state index in [-0.39, 0.29) is 35.2 Å². The molecular weight excluding hydrogens is 437 g/mol. The summed E-state index contributed by atoms with van der Waals surface area (Å²) in [5.41, 5.74) is -1.15. The minimum atomic E-state index is -0.762. The van der Waals surface area contributed by atoms with E-state index in [1.54, 1.807) is 0 Å². The summed E-state index contributed by atoms with van der Waals surface area (Å²) in [4.78, 5) is 25.3. The number of fused-ring (bicyclic) bond motifs is 3. The Morgan fingerprint density at radius 2 is 2.00 bits per heavy atom. The van der Waals surface area contributed by atoms with Crippen LogP contribution in [0.3, 0.4) is 0 Å². The van der Waals surface area contributed by atoms with E-state index in [1.807, 2.05) is 0 Å². The molecule has 1 aliphatic heterocycles. The van der Waals surface area contributed by atoms with Gasteiger partial charge >= 0.3 is 0 Å². The van der Waals surface area contributed by atoms with E-state index < -0.39 is 23.0 Å². The molecule has 2 amide bonds. The first kappa shape index (κ1) is 23.3. The summed E-state index contributed by atoms with van der Waals surface area (Å²) >= 11 is 5.65. The molecule has 5 rings (SSSR count). The highest BCUT2D eigenvalue weighted by Gasteiger charge is 2.55. The molecule has 4 N–H and O–H groups in total. The van der Waals surface area contributed by atoms with Gasteiger partial charge in [-0.3, -0.25) is 9.59 Å². The van der Waals surface area contributed by atoms with Gasteiger partial charge in [-0.25, -0.2) is 4.39 Å². The molecule has 0 spiro atoms. The quantitative estimate of drug-likeness (QED) is 0.514. The fourth-order valence-corrected chi connectivity index (χ4v) is 5.38. The summed E-state index contributed by atoms with van der Waals surface area (Å²) in [6.45, 7) is 2.72. The largest absolute Gasteiger partial charge is 0.484 e. The normalized spacial score (nSPS) is 34.1. The maximum atomic E-state index is 13.5. The zero-order chi connectivity index (χ0) is 22.9. The molecule has 2 unspecified atom stereocenters. The Morgan fingerprint density at radius 3 is 2.62 bits per heavy atom. The summed E-state index contributed by atoms with van der Waals surface area (Å²) < 4.78 is 18.9. The molecule has 2 bridgehead atoms. The summed E-state index contributed by atoms with van der Waals surface area (Å²) in [5.74, 6) is -0.200. The van der Waals surface area contributed by atoms with Crippen molar-refractivity contribution in [3.8, 4) is 5.75 Å². The van der Waals surface area contributed by atoms with Crippen LogP contribution < -0.4 is 20.7 Å². The third kappa shape index (κ3) is 4.87. The van der Waals surface area contributed by atoms with Crippen molar-refractivity contribution in [3.63, 3.8) is 0 Å². The molecule has 4 aliphatic rings. The molecule has 1 saturated heterocycles. The van der Waals surface area contributed by atoms with E-state index in [9.17, 15) is 19.1 Å². The lowest BCUT2D eigenvalue weighted by Crippen LogP contribution is -2.71. The molecule has 32 heavy (non-hydrogen) atoms. The number of hydrogen-bond donors (Lipinski definition) is 4. The van der Waals surface area contributed by atoms with Gasteiger partial charge in [0.05, 0.1) is 22.7 Å². The Bertz CT molecular complexity index is 867. The van der Waals surface area contributed by atoms with E-state index in [4.69, 9.17) is 16.3 Å². The van der Waals surface area contributed by atoms with Gasteiger partial charge in [-0.15, -0.1) is 0 Å². The Kier molecular flexibility index (Phi) is 6.66. The Balaban J connectivity index is 1.30. The van der Waals surface area contributed by atoms with Crippen molar-refractivity contribution >= 4 is 23.4 Å². The number of aliphatic hydroxyl groups excluding tert-OH is 1. The smallest absolute Gasteiger partial charge is 0.258 e. The minimum absolute atomic E-state index is 0.00568. The number of hydrogen-bond acceptors (Lipinski definition) is 5. The minimum Gasteiger partial charge on any atom is -0.484 e. The maximum Gasteiger partial charge on any atom is 0.258 e.